The number of benzene rings is 2. The van der Waals surface area contributed by atoms with Gasteiger partial charge in [-0.05, 0) is 25.0 Å². The Morgan fingerprint density at radius 3 is 2.13 bits per heavy atom. The van der Waals surface area contributed by atoms with Gasteiger partial charge in [0.25, 0.3) is 0 Å². The molecule has 2 aromatic carbocycles. The minimum Gasteiger partial charge on any atom is -0.341 e. The standard InChI is InChI=1S/C19H22N2O2/c1-3-21(14-16-10-6-4-7-11-16)19(23)18(22)20-15(2)17-12-8-5-9-13-17/h4-13,15H,3,14H2,1-2H3,(H,20,22). The van der Waals surface area contributed by atoms with E-state index in [1.807, 2.05) is 74.5 Å². The van der Waals surface area contributed by atoms with Crippen LogP contribution in [0.25, 0.3) is 0 Å². The van der Waals surface area contributed by atoms with E-state index in [9.17, 15) is 9.59 Å². The fourth-order valence-corrected chi connectivity index (χ4v) is 2.36. The van der Waals surface area contributed by atoms with E-state index in [0.29, 0.717) is 13.1 Å². The molecule has 1 N–H and O–H groups in total. The largest absolute Gasteiger partial charge is 0.341 e. The lowest BCUT2D eigenvalue weighted by Gasteiger charge is -2.22. The van der Waals surface area contributed by atoms with Gasteiger partial charge in [-0.2, -0.15) is 0 Å². The van der Waals surface area contributed by atoms with E-state index in [0.717, 1.165) is 11.1 Å². The Morgan fingerprint density at radius 2 is 1.57 bits per heavy atom. The number of nitrogens with zero attached hydrogens (tertiary/aromatic N) is 1. The first kappa shape index (κ1) is 16.7. The summed E-state index contributed by atoms with van der Waals surface area (Å²) < 4.78 is 0. The van der Waals surface area contributed by atoms with Gasteiger partial charge in [0.15, 0.2) is 0 Å². The fourth-order valence-electron chi connectivity index (χ4n) is 2.36. The van der Waals surface area contributed by atoms with Gasteiger partial charge >= 0.3 is 11.8 Å². The van der Waals surface area contributed by atoms with Gasteiger partial charge in [0, 0.05) is 13.1 Å². The quantitative estimate of drug-likeness (QED) is 0.863. The van der Waals surface area contributed by atoms with Gasteiger partial charge in [0.2, 0.25) is 0 Å². The lowest BCUT2D eigenvalue weighted by molar-refractivity contribution is -0.146. The van der Waals surface area contributed by atoms with Crippen LogP contribution in [0, 0.1) is 0 Å². The third kappa shape index (κ3) is 4.68. The summed E-state index contributed by atoms with van der Waals surface area (Å²) in [5, 5.41) is 2.77. The average molecular weight is 310 g/mol. The molecule has 0 saturated carbocycles. The first-order chi connectivity index (χ1) is 11.1. The van der Waals surface area contributed by atoms with Crippen LogP contribution in [-0.4, -0.2) is 23.3 Å². The van der Waals surface area contributed by atoms with E-state index in [1.165, 1.54) is 0 Å². The minimum atomic E-state index is -0.570. The van der Waals surface area contributed by atoms with Crippen LogP contribution in [0.3, 0.4) is 0 Å². The van der Waals surface area contributed by atoms with Crippen molar-refractivity contribution in [3.63, 3.8) is 0 Å². The number of hydrogen-bond donors (Lipinski definition) is 1. The Hall–Kier alpha value is -2.62. The molecule has 0 aliphatic heterocycles. The van der Waals surface area contributed by atoms with Crippen molar-refractivity contribution >= 4 is 11.8 Å². The molecule has 1 atom stereocenters. The van der Waals surface area contributed by atoms with Crippen molar-refractivity contribution in [2.24, 2.45) is 0 Å². The predicted molar refractivity (Wildman–Crippen MR) is 90.5 cm³/mol. The van der Waals surface area contributed by atoms with Crippen LogP contribution < -0.4 is 5.32 Å². The van der Waals surface area contributed by atoms with Crippen molar-refractivity contribution in [3.8, 4) is 0 Å². The monoisotopic (exact) mass is 310 g/mol. The van der Waals surface area contributed by atoms with Gasteiger partial charge in [-0.3, -0.25) is 9.59 Å². The summed E-state index contributed by atoms with van der Waals surface area (Å²) in [4.78, 5) is 26.1. The smallest absolute Gasteiger partial charge is 0.312 e. The number of nitrogens with one attached hydrogen (secondary N) is 1. The topological polar surface area (TPSA) is 49.4 Å². The SMILES string of the molecule is CCN(Cc1ccccc1)C(=O)C(=O)NC(C)c1ccccc1. The molecule has 0 saturated heterocycles. The molecule has 2 amide bonds. The van der Waals surface area contributed by atoms with Crippen molar-refractivity contribution in [2.75, 3.05) is 6.54 Å². The first-order valence-corrected chi connectivity index (χ1v) is 7.80. The predicted octanol–water partition coefficient (Wildman–Crippen LogP) is 2.91. The summed E-state index contributed by atoms with van der Waals surface area (Å²) in [6.07, 6.45) is 0. The third-order valence-electron chi connectivity index (χ3n) is 3.73. The van der Waals surface area contributed by atoms with Gasteiger partial charge in [-0.15, -0.1) is 0 Å². The molecule has 1 unspecified atom stereocenters. The zero-order valence-electron chi connectivity index (χ0n) is 13.5. The highest BCUT2D eigenvalue weighted by molar-refractivity contribution is 6.35. The third-order valence-corrected chi connectivity index (χ3v) is 3.73. The highest BCUT2D eigenvalue weighted by Gasteiger charge is 2.22. The number of likely N-dealkylation sites (N-methyl/N-ethyl adjacent to an activating group) is 1. The molecule has 2 aromatic rings. The number of amides is 2. The van der Waals surface area contributed by atoms with Crippen LogP contribution in [0.15, 0.2) is 60.7 Å². The van der Waals surface area contributed by atoms with Gasteiger partial charge in [-0.1, -0.05) is 60.7 Å². The molecule has 0 fully saturated rings. The zero-order valence-corrected chi connectivity index (χ0v) is 13.5. The Kier molecular flexibility index (Phi) is 5.92. The summed E-state index contributed by atoms with van der Waals surface area (Å²) in [6, 6.07) is 19.0. The maximum Gasteiger partial charge on any atom is 0.312 e. The van der Waals surface area contributed by atoms with Crippen LogP contribution in [0.5, 0.6) is 0 Å². The first-order valence-electron chi connectivity index (χ1n) is 7.80. The maximum absolute atomic E-state index is 12.4. The van der Waals surface area contributed by atoms with Crippen molar-refractivity contribution in [3.05, 3.63) is 71.8 Å². The van der Waals surface area contributed by atoms with Crippen LogP contribution in [0.2, 0.25) is 0 Å². The normalized spacial score (nSPS) is 11.6. The van der Waals surface area contributed by atoms with E-state index < -0.39 is 11.8 Å². The summed E-state index contributed by atoms with van der Waals surface area (Å²) in [5.74, 6) is -1.07. The Morgan fingerprint density at radius 1 is 1.00 bits per heavy atom. The van der Waals surface area contributed by atoms with Gasteiger partial charge in [0.1, 0.15) is 0 Å². The highest BCUT2D eigenvalue weighted by Crippen LogP contribution is 2.11. The molecule has 0 aliphatic carbocycles. The molecule has 0 radical (unpaired) electrons. The van der Waals surface area contributed by atoms with E-state index in [1.54, 1.807) is 4.90 Å². The molecule has 0 aromatic heterocycles. The van der Waals surface area contributed by atoms with Crippen molar-refractivity contribution in [2.45, 2.75) is 26.4 Å². The molecule has 23 heavy (non-hydrogen) atoms. The summed E-state index contributed by atoms with van der Waals surface area (Å²) in [7, 11) is 0. The average Bonchev–Trinajstić information content (AvgIpc) is 2.60. The zero-order chi connectivity index (χ0) is 16.7. The summed E-state index contributed by atoms with van der Waals surface area (Å²) in [6.45, 7) is 4.66. The highest BCUT2D eigenvalue weighted by atomic mass is 16.2. The molecule has 4 nitrogen and oxygen atoms in total. The van der Waals surface area contributed by atoms with E-state index in [-0.39, 0.29) is 6.04 Å². The van der Waals surface area contributed by atoms with Gasteiger partial charge in [0.05, 0.1) is 6.04 Å². The Labute approximate surface area is 137 Å². The molecule has 2 rings (SSSR count). The second-order valence-electron chi connectivity index (χ2n) is 5.41. The molecule has 0 heterocycles. The van der Waals surface area contributed by atoms with Gasteiger partial charge < -0.3 is 10.2 Å². The molecule has 0 bridgehead atoms. The van der Waals surface area contributed by atoms with Crippen LogP contribution in [0.4, 0.5) is 0 Å². The lowest BCUT2D eigenvalue weighted by atomic mass is 10.1. The van der Waals surface area contributed by atoms with Crippen LogP contribution in [0.1, 0.15) is 31.0 Å². The number of rotatable bonds is 5. The van der Waals surface area contributed by atoms with E-state index >= 15 is 0 Å². The molecular formula is C19H22N2O2. The lowest BCUT2D eigenvalue weighted by Crippen LogP contribution is -2.43. The number of carbonyl (C=O) groups excluding carboxylic acids is 2. The minimum absolute atomic E-state index is 0.205. The molecular weight excluding hydrogens is 288 g/mol. The Bertz CT molecular complexity index is 641. The van der Waals surface area contributed by atoms with E-state index in [4.69, 9.17) is 0 Å². The van der Waals surface area contributed by atoms with E-state index in [2.05, 4.69) is 5.32 Å². The number of hydrogen-bond acceptors (Lipinski definition) is 2. The van der Waals surface area contributed by atoms with Crippen molar-refractivity contribution < 1.29 is 9.59 Å². The van der Waals surface area contributed by atoms with Crippen LogP contribution in [-0.2, 0) is 16.1 Å². The second-order valence-corrected chi connectivity index (χ2v) is 5.41. The molecule has 4 heteroatoms. The summed E-state index contributed by atoms with van der Waals surface area (Å²) in [5.41, 5.74) is 1.98. The molecule has 0 aliphatic rings. The fraction of sp³-hybridized carbons (Fsp3) is 0.263. The second kappa shape index (κ2) is 8.13. The Balaban J connectivity index is 1.98. The molecule has 0 spiro atoms. The summed E-state index contributed by atoms with van der Waals surface area (Å²) >= 11 is 0. The van der Waals surface area contributed by atoms with Crippen LogP contribution >= 0.6 is 0 Å². The van der Waals surface area contributed by atoms with Crippen molar-refractivity contribution in [1.82, 2.24) is 10.2 Å². The van der Waals surface area contributed by atoms with Crippen molar-refractivity contribution in [1.29, 1.82) is 0 Å². The maximum atomic E-state index is 12.4. The van der Waals surface area contributed by atoms with Gasteiger partial charge in [-0.25, -0.2) is 0 Å². The molecule has 120 valence electrons. The number of carbonyl (C=O) groups is 2.